The van der Waals surface area contributed by atoms with E-state index in [1.165, 1.54) is 12.1 Å². The van der Waals surface area contributed by atoms with Crippen LogP contribution in [0.1, 0.15) is 11.1 Å². The summed E-state index contributed by atoms with van der Waals surface area (Å²) in [5, 5.41) is 0.462. The molecule has 0 amide bonds. The van der Waals surface area contributed by atoms with Gasteiger partial charge in [0.1, 0.15) is 11.5 Å². The van der Waals surface area contributed by atoms with Crippen molar-refractivity contribution in [3.05, 3.63) is 58.6 Å². The van der Waals surface area contributed by atoms with Crippen LogP contribution in [0.25, 0.3) is 0 Å². The van der Waals surface area contributed by atoms with Gasteiger partial charge in [0.2, 0.25) is 0 Å². The highest BCUT2D eigenvalue weighted by atomic mass is 35.5. The molecule has 0 radical (unpaired) electrons. The highest BCUT2D eigenvalue weighted by molar-refractivity contribution is 6.30. The van der Waals surface area contributed by atoms with Gasteiger partial charge in [-0.05, 0) is 36.4 Å². The number of halogens is 4. The van der Waals surface area contributed by atoms with Crippen molar-refractivity contribution in [2.24, 2.45) is 5.73 Å². The summed E-state index contributed by atoms with van der Waals surface area (Å²) < 4.78 is 42.8. The Morgan fingerprint density at radius 2 is 1.70 bits per heavy atom. The second-order valence-corrected chi connectivity index (χ2v) is 4.52. The first-order valence-electron chi connectivity index (χ1n) is 5.74. The van der Waals surface area contributed by atoms with Crippen LogP contribution in [0.4, 0.5) is 13.2 Å². The van der Waals surface area contributed by atoms with Gasteiger partial charge in [-0.2, -0.15) is 13.2 Å². The molecule has 0 unspecified atom stereocenters. The molecule has 0 aromatic heterocycles. The smallest absolute Gasteiger partial charge is 0.416 e. The summed E-state index contributed by atoms with van der Waals surface area (Å²) in [4.78, 5) is 0. The van der Waals surface area contributed by atoms with Crippen LogP contribution in [0.5, 0.6) is 11.5 Å². The molecule has 2 aromatic rings. The van der Waals surface area contributed by atoms with Crippen molar-refractivity contribution < 1.29 is 17.9 Å². The summed E-state index contributed by atoms with van der Waals surface area (Å²) in [6, 6.07) is 9.38. The molecular weight excluding hydrogens is 291 g/mol. The van der Waals surface area contributed by atoms with Gasteiger partial charge < -0.3 is 10.5 Å². The van der Waals surface area contributed by atoms with Gasteiger partial charge in [-0.1, -0.05) is 17.7 Å². The molecule has 20 heavy (non-hydrogen) atoms. The second-order valence-electron chi connectivity index (χ2n) is 4.08. The van der Waals surface area contributed by atoms with Gasteiger partial charge in [-0.25, -0.2) is 0 Å². The van der Waals surface area contributed by atoms with Gasteiger partial charge in [0.25, 0.3) is 0 Å². The minimum atomic E-state index is -4.36. The molecule has 0 fully saturated rings. The van der Waals surface area contributed by atoms with Crippen LogP contribution in [0.15, 0.2) is 42.5 Å². The Morgan fingerprint density at radius 3 is 2.25 bits per heavy atom. The first-order chi connectivity index (χ1) is 9.40. The van der Waals surface area contributed by atoms with E-state index in [1.807, 2.05) is 0 Å². The van der Waals surface area contributed by atoms with Crippen LogP contribution < -0.4 is 10.5 Å². The first kappa shape index (κ1) is 14.7. The molecular formula is C14H11ClF3NO. The molecule has 106 valence electrons. The van der Waals surface area contributed by atoms with Crippen molar-refractivity contribution in [1.82, 2.24) is 0 Å². The van der Waals surface area contributed by atoms with Crippen LogP contribution in [-0.4, -0.2) is 0 Å². The molecule has 0 heterocycles. The molecule has 0 bridgehead atoms. The summed E-state index contributed by atoms with van der Waals surface area (Å²) in [5.41, 5.74) is 5.55. The number of nitrogens with two attached hydrogens (primary N) is 1. The Hall–Kier alpha value is -1.72. The Labute approximate surface area is 118 Å². The van der Waals surface area contributed by atoms with Crippen LogP contribution in [0.2, 0.25) is 5.02 Å². The zero-order chi connectivity index (χ0) is 14.8. The lowest BCUT2D eigenvalue weighted by molar-refractivity contribution is -0.137. The summed E-state index contributed by atoms with van der Waals surface area (Å²) in [5.74, 6) is 0.717. The van der Waals surface area contributed by atoms with E-state index in [9.17, 15) is 13.2 Å². The molecule has 0 aliphatic rings. The minimum Gasteiger partial charge on any atom is -0.457 e. The van der Waals surface area contributed by atoms with E-state index < -0.39 is 11.7 Å². The highest BCUT2D eigenvalue weighted by Gasteiger charge is 2.30. The molecule has 2 N–H and O–H groups in total. The fraction of sp³-hybridized carbons (Fsp3) is 0.143. The molecule has 0 aliphatic heterocycles. The standard InChI is InChI=1S/C14H11ClF3NO/c15-11-4-1-9(8-19)13(7-11)20-12-5-2-10(3-6-12)14(16,17)18/h1-7H,8,19H2. The van der Waals surface area contributed by atoms with E-state index in [1.54, 1.807) is 18.2 Å². The predicted molar refractivity (Wildman–Crippen MR) is 70.9 cm³/mol. The maximum atomic E-state index is 12.4. The summed E-state index contributed by atoms with van der Waals surface area (Å²) >= 11 is 5.86. The van der Waals surface area contributed by atoms with E-state index in [0.29, 0.717) is 16.3 Å². The Bertz CT molecular complexity index is 596. The van der Waals surface area contributed by atoms with Crippen molar-refractivity contribution >= 4 is 11.6 Å². The topological polar surface area (TPSA) is 35.2 Å². The zero-order valence-corrected chi connectivity index (χ0v) is 11.0. The molecule has 0 saturated heterocycles. The summed E-state index contributed by atoms with van der Waals surface area (Å²) in [6.07, 6.45) is -4.36. The van der Waals surface area contributed by atoms with Gasteiger partial charge in [0, 0.05) is 17.1 Å². The third-order valence-corrected chi connectivity index (χ3v) is 2.89. The quantitative estimate of drug-likeness (QED) is 0.898. The van der Waals surface area contributed by atoms with Crippen molar-refractivity contribution in [1.29, 1.82) is 0 Å². The maximum absolute atomic E-state index is 12.4. The minimum absolute atomic E-state index is 0.243. The zero-order valence-electron chi connectivity index (χ0n) is 10.2. The Kier molecular flexibility index (Phi) is 4.20. The van der Waals surface area contributed by atoms with Crippen LogP contribution in [0.3, 0.4) is 0 Å². The Balaban J connectivity index is 2.24. The van der Waals surface area contributed by atoms with E-state index >= 15 is 0 Å². The number of benzene rings is 2. The fourth-order valence-electron chi connectivity index (χ4n) is 1.63. The van der Waals surface area contributed by atoms with Gasteiger partial charge >= 0.3 is 6.18 Å². The van der Waals surface area contributed by atoms with E-state index in [4.69, 9.17) is 22.1 Å². The number of hydrogen-bond donors (Lipinski definition) is 1. The lowest BCUT2D eigenvalue weighted by Crippen LogP contribution is -2.04. The van der Waals surface area contributed by atoms with Gasteiger partial charge in [-0.3, -0.25) is 0 Å². The molecule has 6 heteroatoms. The SMILES string of the molecule is NCc1ccc(Cl)cc1Oc1ccc(C(F)(F)F)cc1. The first-order valence-corrected chi connectivity index (χ1v) is 6.11. The second kappa shape index (κ2) is 5.73. The maximum Gasteiger partial charge on any atom is 0.416 e. The molecule has 0 spiro atoms. The monoisotopic (exact) mass is 301 g/mol. The molecule has 2 rings (SSSR count). The van der Waals surface area contributed by atoms with Crippen LogP contribution in [0, 0.1) is 0 Å². The summed E-state index contributed by atoms with van der Waals surface area (Å²) in [7, 11) is 0. The lowest BCUT2D eigenvalue weighted by atomic mass is 10.2. The number of rotatable bonds is 3. The number of ether oxygens (including phenoxy) is 1. The number of alkyl halides is 3. The lowest BCUT2D eigenvalue weighted by Gasteiger charge is -2.11. The summed E-state index contributed by atoms with van der Waals surface area (Å²) in [6.45, 7) is 0.243. The average molecular weight is 302 g/mol. The molecule has 2 nitrogen and oxygen atoms in total. The van der Waals surface area contributed by atoms with E-state index in [2.05, 4.69) is 0 Å². The average Bonchev–Trinajstić information content (AvgIpc) is 2.38. The molecule has 2 aromatic carbocycles. The van der Waals surface area contributed by atoms with Crippen molar-refractivity contribution in [3.8, 4) is 11.5 Å². The Morgan fingerprint density at radius 1 is 1.05 bits per heavy atom. The van der Waals surface area contributed by atoms with Crippen molar-refractivity contribution in [3.63, 3.8) is 0 Å². The van der Waals surface area contributed by atoms with Crippen LogP contribution >= 0.6 is 11.6 Å². The molecule has 0 atom stereocenters. The van der Waals surface area contributed by atoms with Gasteiger partial charge in [0.05, 0.1) is 5.56 Å². The van der Waals surface area contributed by atoms with E-state index in [-0.39, 0.29) is 12.3 Å². The number of hydrogen-bond acceptors (Lipinski definition) is 2. The molecule has 0 aliphatic carbocycles. The third-order valence-electron chi connectivity index (χ3n) is 2.66. The van der Waals surface area contributed by atoms with Crippen molar-refractivity contribution in [2.45, 2.75) is 12.7 Å². The van der Waals surface area contributed by atoms with Gasteiger partial charge in [-0.15, -0.1) is 0 Å². The normalized spacial score (nSPS) is 11.4. The molecule has 0 saturated carbocycles. The van der Waals surface area contributed by atoms with Gasteiger partial charge in [0.15, 0.2) is 0 Å². The third kappa shape index (κ3) is 3.43. The highest BCUT2D eigenvalue weighted by Crippen LogP contribution is 2.32. The fourth-order valence-corrected chi connectivity index (χ4v) is 1.79. The largest absolute Gasteiger partial charge is 0.457 e. The predicted octanol–water partition coefficient (Wildman–Crippen LogP) is 4.61. The van der Waals surface area contributed by atoms with Crippen LogP contribution in [-0.2, 0) is 12.7 Å². The van der Waals surface area contributed by atoms with E-state index in [0.717, 1.165) is 12.1 Å². The van der Waals surface area contributed by atoms with Crippen molar-refractivity contribution in [2.75, 3.05) is 0 Å².